The number of para-hydroxylation sites is 1. The van der Waals surface area contributed by atoms with Gasteiger partial charge in [-0.1, -0.05) is 29.5 Å². The number of fused-ring (bicyclic) bond motifs is 1. The summed E-state index contributed by atoms with van der Waals surface area (Å²) in [4.78, 5) is 48.2. The minimum atomic E-state index is -0.869. The zero-order valence-corrected chi connectivity index (χ0v) is 25.3. The van der Waals surface area contributed by atoms with Crippen molar-refractivity contribution in [2.24, 2.45) is 4.99 Å². The lowest BCUT2D eigenvalue weighted by atomic mass is 9.95. The van der Waals surface area contributed by atoms with E-state index in [4.69, 9.17) is 14.2 Å². The Morgan fingerprint density at radius 3 is 2.58 bits per heavy atom. The number of nitro groups is 1. The first kappa shape index (κ1) is 30.1. The smallest absolute Gasteiger partial charge is 0.338 e. The van der Waals surface area contributed by atoms with Crippen LogP contribution in [0.3, 0.4) is 0 Å². The van der Waals surface area contributed by atoms with Gasteiger partial charge in [0.1, 0.15) is 18.4 Å². The van der Waals surface area contributed by atoms with Gasteiger partial charge in [-0.3, -0.25) is 19.5 Å². The maximum absolute atomic E-state index is 14.2. The van der Waals surface area contributed by atoms with Gasteiger partial charge in [-0.15, -0.1) is 0 Å². The number of hydrogen-bond donors (Lipinski definition) is 0. The Balaban J connectivity index is 1.69. The van der Waals surface area contributed by atoms with Gasteiger partial charge in [0.25, 0.3) is 11.2 Å². The molecule has 1 aromatic heterocycles. The topological polar surface area (TPSA) is 129 Å². The van der Waals surface area contributed by atoms with Crippen LogP contribution in [0.1, 0.15) is 24.1 Å². The number of carbonyl (C=O) groups is 1. The van der Waals surface area contributed by atoms with Gasteiger partial charge in [0.15, 0.2) is 4.80 Å². The van der Waals surface area contributed by atoms with E-state index in [0.29, 0.717) is 31.9 Å². The number of nitro benzene ring substituents is 1. The molecule has 43 heavy (non-hydrogen) atoms. The van der Waals surface area contributed by atoms with Crippen molar-refractivity contribution in [2.75, 3.05) is 65.6 Å². The van der Waals surface area contributed by atoms with Crippen LogP contribution in [-0.4, -0.2) is 81.0 Å². The molecule has 0 spiro atoms. The fraction of sp³-hybridized carbons (Fsp3) is 0.367. The fourth-order valence-corrected chi connectivity index (χ4v) is 6.35. The largest absolute Gasteiger partial charge is 0.496 e. The van der Waals surface area contributed by atoms with Gasteiger partial charge in [0.05, 0.1) is 34.4 Å². The molecule has 0 N–H and O–H groups in total. The molecule has 2 aliphatic heterocycles. The van der Waals surface area contributed by atoms with E-state index in [0.717, 1.165) is 43.2 Å². The number of ether oxygens (including phenoxy) is 3. The zero-order chi connectivity index (χ0) is 30.7. The highest BCUT2D eigenvalue weighted by molar-refractivity contribution is 7.07. The molecule has 0 amide bonds. The van der Waals surface area contributed by atoms with Crippen molar-refractivity contribution < 1.29 is 23.9 Å². The van der Waals surface area contributed by atoms with E-state index in [1.165, 1.54) is 30.9 Å². The summed E-state index contributed by atoms with van der Waals surface area (Å²) in [6, 6.07) is 11.0. The normalized spacial score (nSPS) is 17.4. The molecule has 226 valence electrons. The minimum Gasteiger partial charge on any atom is -0.496 e. The molecule has 1 atom stereocenters. The number of likely N-dealkylation sites (N-methyl/N-ethyl adjacent to an activating group) is 1. The first-order valence-corrected chi connectivity index (χ1v) is 14.6. The number of nitrogens with zero attached hydrogens (tertiary/aromatic N) is 5. The Labute approximate surface area is 251 Å². The van der Waals surface area contributed by atoms with Crippen molar-refractivity contribution in [3.05, 3.63) is 94.7 Å². The van der Waals surface area contributed by atoms with Crippen LogP contribution in [0, 0.1) is 10.1 Å². The van der Waals surface area contributed by atoms with E-state index in [9.17, 15) is 19.7 Å². The monoisotopic (exact) mass is 607 g/mol. The Hall–Kier alpha value is -4.33. The third-order valence-electron chi connectivity index (χ3n) is 7.55. The Bertz CT molecular complexity index is 1750. The van der Waals surface area contributed by atoms with Crippen molar-refractivity contribution >= 4 is 34.8 Å². The molecule has 0 radical (unpaired) electrons. The van der Waals surface area contributed by atoms with Crippen molar-refractivity contribution in [2.45, 2.75) is 13.0 Å². The number of hydrogen-bond acceptors (Lipinski definition) is 11. The number of carbonyl (C=O) groups excluding carboxylic acids is 1. The van der Waals surface area contributed by atoms with Crippen LogP contribution >= 0.6 is 11.3 Å². The summed E-state index contributed by atoms with van der Waals surface area (Å²) >= 11 is 1.16. The average molecular weight is 608 g/mol. The van der Waals surface area contributed by atoms with Crippen LogP contribution in [0.4, 0.5) is 11.4 Å². The molecule has 1 saturated heterocycles. The second-order valence-electron chi connectivity index (χ2n) is 10.2. The lowest BCUT2D eigenvalue weighted by Gasteiger charge is -2.34. The van der Waals surface area contributed by atoms with E-state index < -0.39 is 16.9 Å². The number of piperazine rings is 1. The standard InChI is InChI=1S/C30H33N5O7S/c1-19-26(29(37)42-16-15-40-3)27(22-7-5-6-8-24(22)41-4)34-28(36)25(43-30(34)31-19)18-20-17-21(35(38)39)9-10-23(20)33-13-11-32(2)12-14-33/h5-10,17-18,27H,11-16H2,1-4H3. The highest BCUT2D eigenvalue weighted by Gasteiger charge is 2.35. The number of benzene rings is 2. The molecule has 0 saturated carbocycles. The van der Waals surface area contributed by atoms with Crippen LogP contribution in [0.2, 0.25) is 0 Å². The third-order valence-corrected chi connectivity index (χ3v) is 8.53. The van der Waals surface area contributed by atoms with Crippen LogP contribution < -0.4 is 24.5 Å². The molecule has 3 heterocycles. The van der Waals surface area contributed by atoms with Crippen molar-refractivity contribution in [3.8, 4) is 5.75 Å². The highest BCUT2D eigenvalue weighted by atomic mass is 32.1. The molecule has 13 heteroatoms. The molecule has 12 nitrogen and oxygen atoms in total. The predicted molar refractivity (Wildman–Crippen MR) is 162 cm³/mol. The summed E-state index contributed by atoms with van der Waals surface area (Å²) in [7, 11) is 5.09. The van der Waals surface area contributed by atoms with E-state index in [-0.39, 0.29) is 30.0 Å². The quantitative estimate of drug-likeness (QED) is 0.155. The summed E-state index contributed by atoms with van der Waals surface area (Å²) in [6.07, 6.45) is 1.68. The Kier molecular flexibility index (Phi) is 9.04. The summed E-state index contributed by atoms with van der Waals surface area (Å²) < 4.78 is 17.9. The van der Waals surface area contributed by atoms with Gasteiger partial charge in [0, 0.05) is 62.2 Å². The molecule has 2 aliphatic rings. The molecule has 1 fully saturated rings. The van der Waals surface area contributed by atoms with E-state index >= 15 is 0 Å². The van der Waals surface area contributed by atoms with Crippen LogP contribution in [0.15, 0.2) is 63.5 Å². The first-order chi connectivity index (χ1) is 20.7. The van der Waals surface area contributed by atoms with Gasteiger partial charge in [-0.25, -0.2) is 9.79 Å². The second-order valence-corrected chi connectivity index (χ2v) is 11.3. The highest BCUT2D eigenvalue weighted by Crippen LogP contribution is 2.35. The van der Waals surface area contributed by atoms with Gasteiger partial charge < -0.3 is 24.0 Å². The number of thiazole rings is 1. The van der Waals surface area contributed by atoms with E-state index in [1.807, 2.05) is 6.07 Å². The maximum Gasteiger partial charge on any atom is 0.338 e. The van der Waals surface area contributed by atoms with Gasteiger partial charge in [0.2, 0.25) is 0 Å². The van der Waals surface area contributed by atoms with Crippen LogP contribution in [-0.2, 0) is 14.3 Å². The molecular weight excluding hydrogens is 574 g/mol. The number of allylic oxidation sites excluding steroid dienone is 1. The number of non-ortho nitro benzene ring substituents is 1. The Morgan fingerprint density at radius 2 is 1.88 bits per heavy atom. The number of rotatable bonds is 9. The molecule has 0 aliphatic carbocycles. The predicted octanol–water partition coefficient (Wildman–Crippen LogP) is 2.09. The third kappa shape index (κ3) is 6.10. The average Bonchev–Trinajstić information content (AvgIpc) is 3.30. The maximum atomic E-state index is 14.2. The van der Waals surface area contributed by atoms with E-state index in [2.05, 4.69) is 21.8 Å². The molecule has 3 aromatic rings. The minimum absolute atomic E-state index is 0.0387. The number of esters is 1. The molecule has 5 rings (SSSR count). The van der Waals surface area contributed by atoms with Crippen molar-refractivity contribution in [3.63, 3.8) is 0 Å². The number of methoxy groups -OCH3 is 2. The molecular formula is C30H33N5O7S. The lowest BCUT2D eigenvalue weighted by molar-refractivity contribution is -0.384. The summed E-state index contributed by atoms with van der Waals surface area (Å²) in [5.41, 5.74) is 2.15. The van der Waals surface area contributed by atoms with E-state index in [1.54, 1.807) is 37.3 Å². The summed E-state index contributed by atoms with van der Waals surface area (Å²) in [6.45, 7) is 5.15. The van der Waals surface area contributed by atoms with Crippen LogP contribution in [0.25, 0.3) is 6.08 Å². The first-order valence-electron chi connectivity index (χ1n) is 13.8. The van der Waals surface area contributed by atoms with Gasteiger partial charge >= 0.3 is 5.97 Å². The molecule has 1 unspecified atom stereocenters. The summed E-state index contributed by atoms with van der Waals surface area (Å²) in [5, 5.41) is 11.7. The lowest BCUT2D eigenvalue weighted by Crippen LogP contribution is -2.44. The van der Waals surface area contributed by atoms with Crippen LogP contribution in [0.5, 0.6) is 5.75 Å². The molecule has 2 aromatic carbocycles. The SMILES string of the molecule is COCCOC(=O)C1=C(C)N=c2sc(=Cc3cc([N+](=O)[O-])ccc3N3CCN(C)CC3)c(=O)n2C1c1ccccc1OC. The number of aromatic nitrogens is 1. The van der Waals surface area contributed by atoms with Gasteiger partial charge in [-0.05, 0) is 32.2 Å². The fourth-order valence-electron chi connectivity index (χ4n) is 5.31. The Morgan fingerprint density at radius 1 is 1.14 bits per heavy atom. The van der Waals surface area contributed by atoms with Gasteiger partial charge in [-0.2, -0.15) is 0 Å². The second kappa shape index (κ2) is 12.9. The molecule has 0 bridgehead atoms. The number of anilines is 1. The summed E-state index contributed by atoms with van der Waals surface area (Å²) in [5.74, 6) is -0.116. The van der Waals surface area contributed by atoms with Crippen molar-refractivity contribution in [1.82, 2.24) is 9.47 Å². The zero-order valence-electron chi connectivity index (χ0n) is 24.4. The van der Waals surface area contributed by atoms with Crippen molar-refractivity contribution in [1.29, 1.82) is 0 Å².